The molecule has 0 fully saturated rings. The fraction of sp³-hybridized carbons (Fsp3) is 0.500. The summed E-state index contributed by atoms with van der Waals surface area (Å²) in [6, 6.07) is 7.21. The first-order valence-electron chi connectivity index (χ1n) is 11.6. The maximum absolute atomic E-state index is 12.7. The molecule has 0 aliphatic rings. The van der Waals surface area contributed by atoms with Crippen LogP contribution in [0, 0.1) is 5.92 Å². The third kappa shape index (κ3) is 5.91. The molecule has 33 heavy (non-hydrogen) atoms. The summed E-state index contributed by atoms with van der Waals surface area (Å²) in [6.07, 6.45) is 2.27. The van der Waals surface area contributed by atoms with Crippen molar-refractivity contribution in [3.05, 3.63) is 50.9 Å². The molecule has 1 aromatic carbocycles. The first-order valence-corrected chi connectivity index (χ1v) is 11.6. The number of hydrogen-bond acceptors (Lipinski definition) is 5. The number of fused-ring (bicyclic) bond motifs is 1. The Morgan fingerprint density at radius 3 is 2.52 bits per heavy atom. The molecule has 178 valence electrons. The van der Waals surface area contributed by atoms with Gasteiger partial charge in [-0.3, -0.25) is 19.1 Å². The highest BCUT2D eigenvalue weighted by Crippen LogP contribution is 2.18. The van der Waals surface area contributed by atoms with Gasteiger partial charge in [0.2, 0.25) is 5.91 Å². The van der Waals surface area contributed by atoms with Gasteiger partial charge in [-0.25, -0.2) is 9.78 Å². The second kappa shape index (κ2) is 11.0. The average Bonchev–Trinajstić information content (AvgIpc) is 3.11. The van der Waals surface area contributed by atoms with E-state index in [0.29, 0.717) is 48.8 Å². The Morgan fingerprint density at radius 1 is 1.15 bits per heavy atom. The summed E-state index contributed by atoms with van der Waals surface area (Å²) in [7, 11) is 0. The van der Waals surface area contributed by atoms with Gasteiger partial charge in [0, 0.05) is 31.6 Å². The van der Waals surface area contributed by atoms with Crippen molar-refractivity contribution in [3.8, 4) is 5.75 Å². The molecule has 2 N–H and O–H groups in total. The molecule has 9 heteroatoms. The van der Waals surface area contributed by atoms with Crippen LogP contribution in [0.15, 0.2) is 33.9 Å². The summed E-state index contributed by atoms with van der Waals surface area (Å²) in [4.78, 5) is 44.8. The van der Waals surface area contributed by atoms with E-state index in [9.17, 15) is 14.4 Å². The molecule has 0 unspecified atom stereocenters. The number of carbonyl (C=O) groups excluding carboxylic acids is 1. The standard InChI is InChI=1S/C24H33N5O4/c1-5-7-14-28-22-21(23(31)27-24(28)32)29(15-16(3)4)19(26-22)12-13-20(30)25-17-8-10-18(11-9-17)33-6-2/h8-11,16H,5-7,12-15H2,1-4H3,(H,25,30)(H,27,31,32). The predicted octanol–water partition coefficient (Wildman–Crippen LogP) is 3.31. The van der Waals surface area contributed by atoms with Crippen molar-refractivity contribution in [2.24, 2.45) is 5.92 Å². The minimum Gasteiger partial charge on any atom is -0.494 e. The molecule has 0 radical (unpaired) electrons. The normalized spacial score (nSPS) is 11.3. The molecule has 0 saturated heterocycles. The van der Waals surface area contributed by atoms with Crippen molar-refractivity contribution in [1.82, 2.24) is 19.1 Å². The van der Waals surface area contributed by atoms with E-state index in [1.165, 1.54) is 4.57 Å². The number of aromatic amines is 1. The number of benzene rings is 1. The van der Waals surface area contributed by atoms with Crippen LogP contribution >= 0.6 is 0 Å². The smallest absolute Gasteiger partial charge is 0.330 e. The van der Waals surface area contributed by atoms with Gasteiger partial charge in [-0.2, -0.15) is 0 Å². The average molecular weight is 456 g/mol. The van der Waals surface area contributed by atoms with E-state index < -0.39 is 11.2 Å². The fourth-order valence-electron chi connectivity index (χ4n) is 3.74. The van der Waals surface area contributed by atoms with Crippen LogP contribution < -0.4 is 21.3 Å². The molecule has 9 nitrogen and oxygen atoms in total. The molecular formula is C24H33N5O4. The van der Waals surface area contributed by atoms with Crippen LogP contribution in [0.1, 0.15) is 52.8 Å². The summed E-state index contributed by atoms with van der Waals surface area (Å²) in [5.74, 6) is 1.48. The maximum Gasteiger partial charge on any atom is 0.330 e. The van der Waals surface area contributed by atoms with E-state index in [-0.39, 0.29) is 18.2 Å². The van der Waals surface area contributed by atoms with Crippen molar-refractivity contribution in [3.63, 3.8) is 0 Å². The van der Waals surface area contributed by atoms with Gasteiger partial charge in [0.1, 0.15) is 11.6 Å². The van der Waals surface area contributed by atoms with Crippen LogP contribution in [0.3, 0.4) is 0 Å². The fourth-order valence-corrected chi connectivity index (χ4v) is 3.74. The molecule has 0 atom stereocenters. The topological polar surface area (TPSA) is 111 Å². The van der Waals surface area contributed by atoms with Crippen LogP contribution in [0.5, 0.6) is 5.75 Å². The quantitative estimate of drug-likeness (QED) is 0.461. The zero-order chi connectivity index (χ0) is 24.0. The Hall–Kier alpha value is -3.36. The van der Waals surface area contributed by atoms with Crippen LogP contribution in [0.4, 0.5) is 5.69 Å². The van der Waals surface area contributed by atoms with E-state index in [0.717, 1.165) is 18.6 Å². The molecule has 0 spiro atoms. The lowest BCUT2D eigenvalue weighted by Crippen LogP contribution is -2.31. The van der Waals surface area contributed by atoms with Gasteiger partial charge in [-0.05, 0) is 43.5 Å². The zero-order valence-corrected chi connectivity index (χ0v) is 19.8. The number of nitrogens with one attached hydrogen (secondary N) is 2. The number of hydrogen-bond donors (Lipinski definition) is 2. The molecule has 3 rings (SSSR count). The Bertz CT molecular complexity index is 1200. The number of carbonyl (C=O) groups is 1. The first kappa shape index (κ1) is 24.3. The molecule has 2 heterocycles. The van der Waals surface area contributed by atoms with Crippen molar-refractivity contribution in [1.29, 1.82) is 0 Å². The summed E-state index contributed by atoms with van der Waals surface area (Å²) in [5.41, 5.74) is 0.570. The van der Waals surface area contributed by atoms with Crippen LogP contribution in [0.25, 0.3) is 11.2 Å². The lowest BCUT2D eigenvalue weighted by atomic mass is 10.2. The summed E-state index contributed by atoms with van der Waals surface area (Å²) >= 11 is 0. The number of H-pyrrole nitrogens is 1. The number of unbranched alkanes of at least 4 members (excludes halogenated alkanes) is 1. The minimum atomic E-state index is -0.449. The number of rotatable bonds is 11. The van der Waals surface area contributed by atoms with Crippen LogP contribution in [-0.4, -0.2) is 31.6 Å². The van der Waals surface area contributed by atoms with Gasteiger partial charge in [-0.15, -0.1) is 0 Å². The maximum atomic E-state index is 12.7. The third-order valence-electron chi connectivity index (χ3n) is 5.27. The van der Waals surface area contributed by atoms with Crippen molar-refractivity contribution >= 4 is 22.8 Å². The minimum absolute atomic E-state index is 0.153. The van der Waals surface area contributed by atoms with Gasteiger partial charge >= 0.3 is 5.69 Å². The molecular weight excluding hydrogens is 422 g/mol. The second-order valence-electron chi connectivity index (χ2n) is 8.47. The summed E-state index contributed by atoms with van der Waals surface area (Å²) < 4.78 is 8.80. The lowest BCUT2D eigenvalue weighted by Gasteiger charge is -2.12. The van der Waals surface area contributed by atoms with Crippen molar-refractivity contribution < 1.29 is 9.53 Å². The zero-order valence-electron chi connectivity index (χ0n) is 19.8. The van der Waals surface area contributed by atoms with E-state index in [4.69, 9.17) is 4.74 Å². The highest BCUT2D eigenvalue weighted by atomic mass is 16.5. The molecule has 0 aliphatic heterocycles. The molecule has 3 aromatic rings. The number of nitrogens with zero attached hydrogens (tertiary/aromatic N) is 3. The molecule has 1 amide bonds. The van der Waals surface area contributed by atoms with Gasteiger partial charge < -0.3 is 14.6 Å². The van der Waals surface area contributed by atoms with Crippen LogP contribution in [0.2, 0.25) is 0 Å². The van der Waals surface area contributed by atoms with Gasteiger partial charge in [0.05, 0.1) is 6.61 Å². The number of aryl methyl sites for hydroxylation is 2. The van der Waals surface area contributed by atoms with E-state index in [2.05, 4.69) is 29.1 Å². The Labute approximate surface area is 192 Å². The Balaban J connectivity index is 1.85. The molecule has 0 bridgehead atoms. The number of anilines is 1. The van der Waals surface area contributed by atoms with Crippen LogP contribution in [-0.2, 0) is 24.3 Å². The molecule has 0 saturated carbocycles. The predicted molar refractivity (Wildman–Crippen MR) is 129 cm³/mol. The third-order valence-corrected chi connectivity index (χ3v) is 5.27. The molecule has 0 aliphatic carbocycles. The second-order valence-corrected chi connectivity index (χ2v) is 8.47. The number of aromatic nitrogens is 4. The molecule has 2 aromatic heterocycles. The SMILES string of the molecule is CCCCn1c(=O)[nH]c(=O)c2c1nc(CCC(=O)Nc1ccc(OCC)cc1)n2CC(C)C. The highest BCUT2D eigenvalue weighted by molar-refractivity contribution is 5.90. The van der Waals surface area contributed by atoms with E-state index in [1.54, 1.807) is 12.1 Å². The Morgan fingerprint density at radius 2 is 1.88 bits per heavy atom. The van der Waals surface area contributed by atoms with Crippen molar-refractivity contribution in [2.45, 2.75) is 66.5 Å². The largest absolute Gasteiger partial charge is 0.494 e. The van der Waals surface area contributed by atoms with Crippen molar-refractivity contribution in [2.75, 3.05) is 11.9 Å². The first-order chi connectivity index (χ1) is 15.8. The number of imidazole rings is 1. The number of ether oxygens (including phenoxy) is 1. The summed E-state index contributed by atoms with van der Waals surface area (Å²) in [6.45, 7) is 9.70. The van der Waals surface area contributed by atoms with Gasteiger partial charge in [-0.1, -0.05) is 27.2 Å². The van der Waals surface area contributed by atoms with E-state index >= 15 is 0 Å². The van der Waals surface area contributed by atoms with Gasteiger partial charge in [0.15, 0.2) is 11.2 Å². The van der Waals surface area contributed by atoms with E-state index in [1.807, 2.05) is 30.5 Å². The summed E-state index contributed by atoms with van der Waals surface area (Å²) in [5, 5.41) is 2.88. The number of amides is 1. The Kier molecular flexibility index (Phi) is 8.08. The monoisotopic (exact) mass is 455 g/mol. The highest BCUT2D eigenvalue weighted by Gasteiger charge is 2.19. The lowest BCUT2D eigenvalue weighted by molar-refractivity contribution is -0.116. The van der Waals surface area contributed by atoms with Gasteiger partial charge in [0.25, 0.3) is 5.56 Å².